The van der Waals surface area contributed by atoms with E-state index in [9.17, 15) is 4.79 Å². The van der Waals surface area contributed by atoms with Gasteiger partial charge in [-0.2, -0.15) is 10.2 Å². The van der Waals surface area contributed by atoms with Crippen molar-refractivity contribution in [3.8, 4) is 22.8 Å². The predicted octanol–water partition coefficient (Wildman–Crippen LogP) is 3.36. The Morgan fingerprint density at radius 2 is 2.03 bits per heavy atom. The fourth-order valence-electron chi connectivity index (χ4n) is 3.32. The van der Waals surface area contributed by atoms with E-state index in [2.05, 4.69) is 25.7 Å². The highest BCUT2D eigenvalue weighted by molar-refractivity contribution is 6.01. The molecule has 0 bridgehead atoms. The van der Waals surface area contributed by atoms with E-state index in [1.807, 2.05) is 49.4 Å². The number of para-hydroxylation sites is 1. The number of aromatic nitrogens is 3. The first-order chi connectivity index (χ1) is 14.2. The Hall–Kier alpha value is -4.07. The average molecular weight is 387 g/mol. The summed E-state index contributed by atoms with van der Waals surface area (Å²) in [6.45, 7) is 2.18. The Balaban J connectivity index is 1.31. The summed E-state index contributed by atoms with van der Waals surface area (Å²) in [6.07, 6.45) is 1.64. The van der Waals surface area contributed by atoms with Crippen LogP contribution in [0.4, 0.5) is 0 Å². The van der Waals surface area contributed by atoms with Crippen molar-refractivity contribution in [3.63, 3.8) is 0 Å². The average Bonchev–Trinajstić information content (AvgIpc) is 3.46. The lowest BCUT2D eigenvalue weighted by molar-refractivity contribution is 0.0950. The van der Waals surface area contributed by atoms with E-state index in [1.165, 1.54) is 0 Å². The molecule has 29 heavy (non-hydrogen) atoms. The van der Waals surface area contributed by atoms with Gasteiger partial charge in [0.25, 0.3) is 5.91 Å². The zero-order chi connectivity index (χ0) is 19.8. The van der Waals surface area contributed by atoms with Gasteiger partial charge in [-0.15, -0.1) is 0 Å². The van der Waals surface area contributed by atoms with Crippen LogP contribution in [0, 0.1) is 6.92 Å². The van der Waals surface area contributed by atoms with E-state index in [0.717, 1.165) is 27.7 Å². The molecule has 0 unspecified atom stereocenters. The lowest BCUT2D eigenvalue weighted by atomic mass is 10.1. The molecule has 2 aromatic carbocycles. The molecule has 0 radical (unpaired) electrons. The molecule has 1 amide bonds. The van der Waals surface area contributed by atoms with Gasteiger partial charge in [-0.25, -0.2) is 5.43 Å². The van der Waals surface area contributed by atoms with Gasteiger partial charge in [-0.1, -0.05) is 18.2 Å². The zero-order valence-electron chi connectivity index (χ0n) is 15.5. The van der Waals surface area contributed by atoms with Gasteiger partial charge in [0.1, 0.15) is 5.69 Å². The Labute approximate surface area is 165 Å². The topological polar surface area (TPSA) is 104 Å². The number of nitrogens with one attached hydrogen (secondary N) is 3. The summed E-state index contributed by atoms with van der Waals surface area (Å²) in [5.74, 6) is 0.984. The standard InChI is InChI=1S/C21H17N5O3/c1-12-15(14-4-2-3-5-16(14)23-12)10-22-26-21(27)18-9-17(24-25-18)13-6-7-19-20(8-13)29-11-28-19/h2-10,23H,11H2,1H3,(H,24,25)(H,26,27)/b22-10-. The zero-order valence-corrected chi connectivity index (χ0v) is 15.5. The van der Waals surface area contributed by atoms with Crippen LogP contribution in [0.2, 0.25) is 0 Å². The van der Waals surface area contributed by atoms with Crippen molar-refractivity contribution in [3.05, 3.63) is 65.5 Å². The second-order valence-corrected chi connectivity index (χ2v) is 6.64. The number of nitrogens with zero attached hydrogens (tertiary/aromatic N) is 2. The molecule has 3 heterocycles. The van der Waals surface area contributed by atoms with Crippen molar-refractivity contribution >= 4 is 23.0 Å². The van der Waals surface area contributed by atoms with E-state index < -0.39 is 0 Å². The molecular formula is C21H17N5O3. The minimum Gasteiger partial charge on any atom is -0.454 e. The van der Waals surface area contributed by atoms with E-state index >= 15 is 0 Å². The van der Waals surface area contributed by atoms with Crippen LogP contribution in [-0.2, 0) is 0 Å². The van der Waals surface area contributed by atoms with Gasteiger partial charge in [-0.05, 0) is 37.3 Å². The van der Waals surface area contributed by atoms with Crippen molar-refractivity contribution in [1.82, 2.24) is 20.6 Å². The fourth-order valence-corrected chi connectivity index (χ4v) is 3.32. The SMILES string of the molecule is Cc1[nH]c2ccccc2c1/C=N\NC(=O)c1cc(-c2ccc3c(c2)OCO3)n[nH]1. The lowest BCUT2D eigenvalue weighted by Gasteiger charge is -1.99. The van der Waals surface area contributed by atoms with Crippen LogP contribution in [0.25, 0.3) is 22.2 Å². The maximum Gasteiger partial charge on any atom is 0.289 e. The van der Waals surface area contributed by atoms with Crippen LogP contribution in [0.3, 0.4) is 0 Å². The van der Waals surface area contributed by atoms with Gasteiger partial charge >= 0.3 is 0 Å². The molecule has 1 aliphatic heterocycles. The highest BCUT2D eigenvalue weighted by Gasteiger charge is 2.16. The van der Waals surface area contributed by atoms with Crippen LogP contribution >= 0.6 is 0 Å². The summed E-state index contributed by atoms with van der Waals surface area (Å²) < 4.78 is 10.7. The maximum absolute atomic E-state index is 12.4. The maximum atomic E-state index is 12.4. The molecule has 0 saturated carbocycles. The molecule has 4 aromatic rings. The second kappa shape index (κ2) is 6.83. The molecule has 1 aliphatic rings. The largest absolute Gasteiger partial charge is 0.454 e. The number of carbonyl (C=O) groups is 1. The number of amides is 1. The number of benzene rings is 2. The number of hydrogen-bond acceptors (Lipinski definition) is 5. The number of ether oxygens (including phenoxy) is 2. The molecular weight excluding hydrogens is 370 g/mol. The second-order valence-electron chi connectivity index (χ2n) is 6.64. The van der Waals surface area contributed by atoms with E-state index in [1.54, 1.807) is 12.3 Å². The first kappa shape index (κ1) is 17.1. The number of H-pyrrole nitrogens is 2. The molecule has 3 N–H and O–H groups in total. The predicted molar refractivity (Wildman–Crippen MR) is 108 cm³/mol. The fraction of sp³-hybridized carbons (Fsp3) is 0.0952. The molecule has 2 aromatic heterocycles. The Morgan fingerprint density at radius 3 is 2.97 bits per heavy atom. The van der Waals surface area contributed by atoms with E-state index in [-0.39, 0.29) is 12.7 Å². The van der Waals surface area contributed by atoms with Crippen molar-refractivity contribution in [2.24, 2.45) is 5.10 Å². The number of rotatable bonds is 4. The minimum absolute atomic E-state index is 0.209. The molecule has 0 aliphatic carbocycles. The minimum atomic E-state index is -0.377. The summed E-state index contributed by atoms with van der Waals surface area (Å²) in [5, 5.41) is 12.1. The molecule has 0 saturated heterocycles. The Bertz CT molecular complexity index is 1250. The van der Waals surface area contributed by atoms with Gasteiger partial charge < -0.3 is 14.5 Å². The summed E-state index contributed by atoms with van der Waals surface area (Å²) >= 11 is 0. The summed E-state index contributed by atoms with van der Waals surface area (Å²) in [5.41, 5.74) is 7.24. The highest BCUT2D eigenvalue weighted by Crippen LogP contribution is 2.35. The van der Waals surface area contributed by atoms with Crippen LogP contribution in [-0.4, -0.2) is 34.1 Å². The summed E-state index contributed by atoms with van der Waals surface area (Å²) in [6, 6.07) is 15.1. The van der Waals surface area contributed by atoms with Gasteiger partial charge in [-0.3, -0.25) is 9.89 Å². The lowest BCUT2D eigenvalue weighted by Crippen LogP contribution is -2.18. The molecule has 8 heteroatoms. The molecule has 5 rings (SSSR count). The van der Waals surface area contributed by atoms with Crippen LogP contribution in [0.1, 0.15) is 21.7 Å². The monoisotopic (exact) mass is 387 g/mol. The summed E-state index contributed by atoms with van der Waals surface area (Å²) in [7, 11) is 0. The molecule has 144 valence electrons. The molecule has 8 nitrogen and oxygen atoms in total. The normalized spacial score (nSPS) is 12.7. The van der Waals surface area contributed by atoms with Crippen LogP contribution in [0.15, 0.2) is 53.6 Å². The number of hydrogen-bond donors (Lipinski definition) is 3. The van der Waals surface area contributed by atoms with Crippen LogP contribution < -0.4 is 14.9 Å². The number of fused-ring (bicyclic) bond motifs is 2. The number of carbonyl (C=O) groups excluding carboxylic acids is 1. The van der Waals surface area contributed by atoms with Crippen LogP contribution in [0.5, 0.6) is 11.5 Å². The van der Waals surface area contributed by atoms with Crippen molar-refractivity contribution in [1.29, 1.82) is 0 Å². The third-order valence-electron chi connectivity index (χ3n) is 4.79. The number of aryl methyl sites for hydroxylation is 1. The molecule has 0 spiro atoms. The van der Waals surface area contributed by atoms with Crippen molar-refractivity contribution < 1.29 is 14.3 Å². The molecule has 0 fully saturated rings. The first-order valence-electron chi connectivity index (χ1n) is 9.05. The number of aromatic amines is 2. The van der Waals surface area contributed by atoms with Gasteiger partial charge in [0.05, 0.1) is 11.9 Å². The van der Waals surface area contributed by atoms with Crippen molar-refractivity contribution in [2.45, 2.75) is 6.92 Å². The van der Waals surface area contributed by atoms with Gasteiger partial charge in [0.2, 0.25) is 6.79 Å². The van der Waals surface area contributed by atoms with Gasteiger partial charge in [0.15, 0.2) is 11.5 Å². The quantitative estimate of drug-likeness (QED) is 0.369. The highest BCUT2D eigenvalue weighted by atomic mass is 16.7. The Kier molecular flexibility index (Phi) is 4.02. The first-order valence-corrected chi connectivity index (χ1v) is 9.05. The molecule has 0 atom stereocenters. The summed E-state index contributed by atoms with van der Waals surface area (Å²) in [4.78, 5) is 15.7. The third-order valence-corrected chi connectivity index (χ3v) is 4.79. The van der Waals surface area contributed by atoms with E-state index in [0.29, 0.717) is 22.9 Å². The Morgan fingerprint density at radius 1 is 1.17 bits per heavy atom. The van der Waals surface area contributed by atoms with E-state index in [4.69, 9.17) is 9.47 Å². The van der Waals surface area contributed by atoms with Gasteiger partial charge in [0, 0.05) is 27.7 Å². The third kappa shape index (κ3) is 3.10. The smallest absolute Gasteiger partial charge is 0.289 e. The number of hydrazone groups is 1. The van der Waals surface area contributed by atoms with Crippen molar-refractivity contribution in [2.75, 3.05) is 6.79 Å².